The predicted octanol–water partition coefficient (Wildman–Crippen LogP) is 5.97. The lowest BCUT2D eigenvalue weighted by molar-refractivity contribution is 0.360. The van der Waals surface area contributed by atoms with Gasteiger partial charge < -0.3 is 9.16 Å². The van der Waals surface area contributed by atoms with Crippen LogP contribution >= 0.6 is 0 Å². The monoisotopic (exact) mass is 416 g/mol. The van der Waals surface area contributed by atoms with Gasteiger partial charge in [-0.1, -0.05) is 93.1 Å². The molecule has 0 aliphatic carbocycles. The molecule has 0 bridgehead atoms. The summed E-state index contributed by atoms with van der Waals surface area (Å²) >= 11 is 0. The molecule has 0 aliphatic heterocycles. The SMILES string of the molecule is CC(C)=CCOc1cccc(O[Si](c2ccccc2)(c2ccccc2)C(C)(C)C)c1. The first-order chi connectivity index (χ1) is 14.3. The summed E-state index contributed by atoms with van der Waals surface area (Å²) in [6.45, 7) is 11.6. The van der Waals surface area contributed by atoms with E-state index in [0.717, 1.165) is 11.5 Å². The zero-order valence-corrected chi connectivity index (χ0v) is 19.7. The quantitative estimate of drug-likeness (QED) is 0.349. The Balaban J connectivity index is 2.07. The van der Waals surface area contributed by atoms with Crippen LogP contribution in [0.15, 0.2) is 96.6 Å². The number of allylic oxidation sites excluding steroid dienone is 1. The zero-order valence-electron chi connectivity index (χ0n) is 18.7. The lowest BCUT2D eigenvalue weighted by atomic mass is 10.2. The van der Waals surface area contributed by atoms with E-state index in [0.29, 0.717) is 6.61 Å². The molecule has 0 atom stereocenters. The maximum atomic E-state index is 7.05. The summed E-state index contributed by atoms with van der Waals surface area (Å²) in [5, 5.41) is 2.45. The third kappa shape index (κ3) is 4.85. The summed E-state index contributed by atoms with van der Waals surface area (Å²) in [5.74, 6) is 1.67. The van der Waals surface area contributed by atoms with Crippen molar-refractivity contribution in [2.75, 3.05) is 6.61 Å². The van der Waals surface area contributed by atoms with Gasteiger partial charge in [-0.2, -0.15) is 0 Å². The fourth-order valence-electron chi connectivity index (χ4n) is 3.76. The van der Waals surface area contributed by atoms with Crippen LogP contribution in [-0.2, 0) is 0 Å². The highest BCUT2D eigenvalue weighted by Gasteiger charge is 2.52. The largest absolute Gasteiger partial charge is 0.534 e. The van der Waals surface area contributed by atoms with Crippen LogP contribution in [0.2, 0.25) is 5.04 Å². The van der Waals surface area contributed by atoms with Gasteiger partial charge in [-0.25, -0.2) is 0 Å². The molecule has 2 nitrogen and oxygen atoms in total. The second-order valence-corrected chi connectivity index (χ2v) is 13.1. The van der Waals surface area contributed by atoms with E-state index in [-0.39, 0.29) is 5.04 Å². The van der Waals surface area contributed by atoms with Crippen molar-refractivity contribution in [3.8, 4) is 11.5 Å². The van der Waals surface area contributed by atoms with Gasteiger partial charge in [-0.15, -0.1) is 0 Å². The molecule has 0 aliphatic rings. The van der Waals surface area contributed by atoms with E-state index in [1.54, 1.807) is 0 Å². The Morgan fingerprint density at radius 1 is 0.767 bits per heavy atom. The van der Waals surface area contributed by atoms with E-state index >= 15 is 0 Å². The molecule has 0 unspecified atom stereocenters. The van der Waals surface area contributed by atoms with Crippen LogP contribution in [0, 0.1) is 0 Å². The first kappa shape index (κ1) is 21.9. The number of rotatable bonds is 7. The number of hydrogen-bond acceptors (Lipinski definition) is 2. The minimum Gasteiger partial charge on any atom is -0.534 e. The molecule has 0 heterocycles. The van der Waals surface area contributed by atoms with Crippen molar-refractivity contribution in [2.24, 2.45) is 0 Å². The maximum Gasteiger partial charge on any atom is 0.319 e. The fraction of sp³-hybridized carbons (Fsp3) is 0.259. The second-order valence-electron chi connectivity index (χ2n) is 8.83. The standard InChI is InChI=1S/C27H32O2Si/c1-22(2)19-20-28-23-13-12-14-24(21-23)29-30(27(3,4)5,25-15-8-6-9-16-25)26-17-10-7-11-18-26/h6-19,21H,20H2,1-5H3. The van der Waals surface area contributed by atoms with Gasteiger partial charge in [0.25, 0.3) is 0 Å². The molecule has 156 valence electrons. The van der Waals surface area contributed by atoms with Crippen molar-refractivity contribution in [1.82, 2.24) is 0 Å². The van der Waals surface area contributed by atoms with Gasteiger partial charge >= 0.3 is 8.32 Å². The summed E-state index contributed by atoms with van der Waals surface area (Å²) in [6.07, 6.45) is 2.08. The summed E-state index contributed by atoms with van der Waals surface area (Å²) in [6, 6.07) is 29.4. The number of hydrogen-bond donors (Lipinski definition) is 0. The third-order valence-electron chi connectivity index (χ3n) is 5.23. The molecule has 0 fully saturated rings. The summed E-state index contributed by atoms with van der Waals surface area (Å²) < 4.78 is 13.0. The van der Waals surface area contributed by atoms with Crippen molar-refractivity contribution in [2.45, 2.75) is 39.7 Å². The van der Waals surface area contributed by atoms with E-state index in [9.17, 15) is 0 Å². The Labute approximate surface area is 182 Å². The fourth-order valence-corrected chi connectivity index (χ4v) is 8.17. The van der Waals surface area contributed by atoms with Crippen molar-refractivity contribution < 1.29 is 9.16 Å². The Bertz CT molecular complexity index is 929. The minimum absolute atomic E-state index is 0.0748. The molecular formula is C27H32O2Si. The Kier molecular flexibility index (Phi) is 6.83. The highest BCUT2D eigenvalue weighted by atomic mass is 28.4. The lowest BCUT2D eigenvalue weighted by Gasteiger charge is -2.43. The predicted molar refractivity (Wildman–Crippen MR) is 130 cm³/mol. The first-order valence-corrected chi connectivity index (χ1v) is 12.4. The smallest absolute Gasteiger partial charge is 0.319 e. The average molecular weight is 417 g/mol. The minimum atomic E-state index is -2.63. The van der Waals surface area contributed by atoms with Gasteiger partial charge in [-0.3, -0.25) is 0 Å². The normalized spacial score (nSPS) is 11.6. The lowest BCUT2D eigenvalue weighted by Crippen LogP contribution is -2.68. The molecule has 0 spiro atoms. The molecule has 0 radical (unpaired) electrons. The Morgan fingerprint density at radius 2 is 1.30 bits per heavy atom. The van der Waals surface area contributed by atoms with Gasteiger partial charge in [0.15, 0.2) is 0 Å². The summed E-state index contributed by atoms with van der Waals surface area (Å²) in [5.41, 5.74) is 1.25. The van der Waals surface area contributed by atoms with Crippen LogP contribution in [0.3, 0.4) is 0 Å². The van der Waals surface area contributed by atoms with Gasteiger partial charge in [0.1, 0.15) is 18.1 Å². The van der Waals surface area contributed by atoms with Crippen molar-refractivity contribution >= 4 is 18.7 Å². The van der Waals surface area contributed by atoms with Crippen molar-refractivity contribution in [1.29, 1.82) is 0 Å². The molecular weight excluding hydrogens is 384 g/mol. The van der Waals surface area contributed by atoms with Crippen LogP contribution in [0.1, 0.15) is 34.6 Å². The van der Waals surface area contributed by atoms with Crippen molar-refractivity contribution in [3.63, 3.8) is 0 Å². The van der Waals surface area contributed by atoms with Gasteiger partial charge in [0, 0.05) is 6.07 Å². The van der Waals surface area contributed by atoms with Crippen LogP contribution in [0.5, 0.6) is 11.5 Å². The van der Waals surface area contributed by atoms with Crippen molar-refractivity contribution in [3.05, 3.63) is 96.6 Å². The van der Waals surface area contributed by atoms with E-state index in [4.69, 9.17) is 9.16 Å². The van der Waals surface area contributed by atoms with Gasteiger partial charge in [-0.05, 0) is 47.5 Å². The molecule has 0 aromatic heterocycles. The van der Waals surface area contributed by atoms with Crippen LogP contribution in [0.25, 0.3) is 0 Å². The molecule has 0 N–H and O–H groups in total. The maximum absolute atomic E-state index is 7.05. The van der Waals surface area contributed by atoms with Crippen LogP contribution in [-0.4, -0.2) is 14.9 Å². The number of benzene rings is 3. The second kappa shape index (κ2) is 9.35. The molecule has 3 rings (SSSR count). The highest BCUT2D eigenvalue weighted by Crippen LogP contribution is 2.38. The van der Waals surface area contributed by atoms with Gasteiger partial charge in [0.2, 0.25) is 0 Å². The highest BCUT2D eigenvalue weighted by molar-refractivity contribution is 7.00. The molecule has 30 heavy (non-hydrogen) atoms. The molecule has 0 saturated carbocycles. The summed E-state index contributed by atoms with van der Waals surface area (Å²) in [7, 11) is -2.63. The number of ether oxygens (including phenoxy) is 1. The zero-order chi connectivity index (χ0) is 21.6. The average Bonchev–Trinajstić information content (AvgIpc) is 2.72. The van der Waals surface area contributed by atoms with E-state index < -0.39 is 8.32 Å². The third-order valence-corrected chi connectivity index (χ3v) is 10.2. The molecule has 3 aromatic carbocycles. The van der Waals surface area contributed by atoms with Crippen LogP contribution in [0.4, 0.5) is 0 Å². The van der Waals surface area contributed by atoms with E-state index in [2.05, 4.69) is 101 Å². The Morgan fingerprint density at radius 3 is 1.80 bits per heavy atom. The molecule has 3 heteroatoms. The molecule has 0 saturated heterocycles. The first-order valence-electron chi connectivity index (χ1n) is 10.5. The molecule has 3 aromatic rings. The van der Waals surface area contributed by atoms with E-state index in [1.807, 2.05) is 24.3 Å². The Hall–Kier alpha value is -2.78. The van der Waals surface area contributed by atoms with Crippen LogP contribution < -0.4 is 19.5 Å². The van der Waals surface area contributed by atoms with E-state index in [1.165, 1.54) is 15.9 Å². The topological polar surface area (TPSA) is 18.5 Å². The van der Waals surface area contributed by atoms with Gasteiger partial charge in [0.05, 0.1) is 0 Å². The summed E-state index contributed by atoms with van der Waals surface area (Å²) in [4.78, 5) is 0. The molecule has 0 amide bonds.